The van der Waals surface area contributed by atoms with Crippen molar-refractivity contribution in [3.05, 3.63) is 65.7 Å². The minimum absolute atomic E-state index is 0.0135. The van der Waals surface area contributed by atoms with Crippen molar-refractivity contribution in [1.82, 2.24) is 10.6 Å². The number of rotatable bonds is 3. The second kappa shape index (κ2) is 7.01. The fourth-order valence-corrected chi connectivity index (χ4v) is 3.72. The normalized spacial score (nSPS) is 20.2. The summed E-state index contributed by atoms with van der Waals surface area (Å²) in [6.45, 7) is 1.56. The highest BCUT2D eigenvalue weighted by Crippen LogP contribution is 2.19. The third-order valence-corrected chi connectivity index (χ3v) is 5.42. The van der Waals surface area contributed by atoms with E-state index in [9.17, 15) is 14.1 Å². The van der Waals surface area contributed by atoms with Gasteiger partial charge in [-0.3, -0.25) is 10.1 Å². The molecule has 2 unspecified atom stereocenters. The molecule has 126 valence electrons. The first-order valence-corrected chi connectivity index (χ1v) is 8.97. The summed E-state index contributed by atoms with van der Waals surface area (Å²) in [5.41, 5.74) is 0.571. The van der Waals surface area contributed by atoms with Gasteiger partial charge in [0.25, 0.3) is 5.91 Å². The maximum absolute atomic E-state index is 12.5. The molecule has 0 aromatic heterocycles. The molecule has 0 bridgehead atoms. The first kappa shape index (κ1) is 17.1. The SMILES string of the molecule is CC1(C[S+]([O-])c2ccc(C#Cc3ccccc3)cc2)NC(=O)NC1=O. The number of nitrogens with one attached hydrogen (secondary N) is 2. The predicted molar refractivity (Wildman–Crippen MR) is 95.2 cm³/mol. The third kappa shape index (κ3) is 4.02. The van der Waals surface area contributed by atoms with Crippen molar-refractivity contribution in [2.75, 3.05) is 5.75 Å². The Bertz CT molecular complexity index is 856. The standard InChI is InChI=1S/C19H16N2O3S/c1-19(17(22)20-18(23)21-19)13-25(24)16-11-9-15(10-12-16)8-7-14-5-3-2-4-6-14/h2-6,9-12H,13H2,1H3,(H2,20,21,22,23). The van der Waals surface area contributed by atoms with Crippen molar-refractivity contribution in [3.63, 3.8) is 0 Å². The molecule has 2 N–H and O–H groups in total. The lowest BCUT2D eigenvalue weighted by Gasteiger charge is -2.21. The molecule has 3 rings (SSSR count). The Kier molecular flexibility index (Phi) is 4.79. The molecular weight excluding hydrogens is 336 g/mol. The van der Waals surface area contributed by atoms with Crippen molar-refractivity contribution in [2.24, 2.45) is 0 Å². The number of benzene rings is 2. The second-order valence-electron chi connectivity index (χ2n) is 5.87. The molecule has 6 heteroatoms. The summed E-state index contributed by atoms with van der Waals surface area (Å²) in [6.07, 6.45) is 0. The van der Waals surface area contributed by atoms with Gasteiger partial charge in [0.1, 0.15) is 5.75 Å². The summed E-state index contributed by atoms with van der Waals surface area (Å²) in [6, 6.07) is 16.1. The molecular formula is C19H16N2O3S. The average molecular weight is 352 g/mol. The zero-order chi connectivity index (χ0) is 17.9. The first-order chi connectivity index (χ1) is 12.0. The number of carbonyl (C=O) groups excluding carboxylic acids is 2. The molecule has 2 aromatic carbocycles. The molecule has 0 spiro atoms. The van der Waals surface area contributed by atoms with E-state index in [0.29, 0.717) is 4.90 Å². The maximum atomic E-state index is 12.5. The Morgan fingerprint density at radius 3 is 2.16 bits per heavy atom. The monoisotopic (exact) mass is 352 g/mol. The molecule has 1 heterocycles. The predicted octanol–water partition coefficient (Wildman–Crippen LogP) is 1.79. The van der Waals surface area contributed by atoms with Crippen LogP contribution in [0.1, 0.15) is 18.1 Å². The second-order valence-corrected chi connectivity index (χ2v) is 7.32. The highest BCUT2D eigenvalue weighted by atomic mass is 32.2. The summed E-state index contributed by atoms with van der Waals surface area (Å²) in [5.74, 6) is 5.66. The minimum Gasteiger partial charge on any atom is -0.611 e. The van der Waals surface area contributed by atoms with Gasteiger partial charge < -0.3 is 9.87 Å². The van der Waals surface area contributed by atoms with Gasteiger partial charge in [0.05, 0.1) is 0 Å². The fourth-order valence-electron chi connectivity index (χ4n) is 2.38. The van der Waals surface area contributed by atoms with Gasteiger partial charge >= 0.3 is 6.03 Å². The minimum atomic E-state index is -1.42. The topological polar surface area (TPSA) is 81.3 Å². The van der Waals surface area contributed by atoms with Gasteiger partial charge in [-0.2, -0.15) is 0 Å². The number of hydrogen-bond acceptors (Lipinski definition) is 3. The van der Waals surface area contributed by atoms with E-state index in [4.69, 9.17) is 0 Å². The van der Waals surface area contributed by atoms with Gasteiger partial charge in [-0.15, -0.1) is 0 Å². The van der Waals surface area contributed by atoms with Gasteiger partial charge in [-0.1, -0.05) is 30.0 Å². The lowest BCUT2D eigenvalue weighted by Crippen LogP contribution is -2.49. The van der Waals surface area contributed by atoms with Crippen molar-refractivity contribution in [1.29, 1.82) is 0 Å². The lowest BCUT2D eigenvalue weighted by molar-refractivity contribution is -0.122. The quantitative estimate of drug-likeness (QED) is 0.502. The Morgan fingerprint density at radius 2 is 1.60 bits per heavy atom. The van der Waals surface area contributed by atoms with Crippen LogP contribution in [-0.4, -0.2) is 27.8 Å². The summed E-state index contributed by atoms with van der Waals surface area (Å²) in [4.78, 5) is 23.6. The molecule has 1 aliphatic rings. The van der Waals surface area contributed by atoms with Gasteiger partial charge in [0, 0.05) is 11.1 Å². The molecule has 5 nitrogen and oxygen atoms in total. The zero-order valence-electron chi connectivity index (χ0n) is 13.5. The van der Waals surface area contributed by atoms with Crippen molar-refractivity contribution >= 4 is 23.1 Å². The zero-order valence-corrected chi connectivity index (χ0v) is 14.4. The Balaban J connectivity index is 1.69. The molecule has 1 aliphatic heterocycles. The van der Waals surface area contributed by atoms with Crippen LogP contribution < -0.4 is 10.6 Å². The smallest absolute Gasteiger partial charge is 0.322 e. The largest absolute Gasteiger partial charge is 0.611 e. The van der Waals surface area contributed by atoms with Gasteiger partial charge in [-0.05, 0) is 54.5 Å². The summed E-state index contributed by atoms with van der Waals surface area (Å²) in [5, 5.41) is 4.68. The molecule has 2 atom stereocenters. The first-order valence-electron chi connectivity index (χ1n) is 7.65. The third-order valence-electron chi connectivity index (χ3n) is 3.78. The Hall–Kier alpha value is -2.75. The van der Waals surface area contributed by atoms with E-state index < -0.39 is 28.7 Å². The molecule has 1 saturated heterocycles. The molecule has 25 heavy (non-hydrogen) atoms. The van der Waals surface area contributed by atoms with Crippen molar-refractivity contribution in [3.8, 4) is 11.8 Å². The van der Waals surface area contributed by atoms with Crippen LogP contribution in [0, 0.1) is 11.8 Å². The molecule has 1 fully saturated rings. The van der Waals surface area contributed by atoms with E-state index in [1.54, 1.807) is 31.2 Å². The van der Waals surface area contributed by atoms with Crippen LogP contribution in [0.15, 0.2) is 59.5 Å². The summed E-state index contributed by atoms with van der Waals surface area (Å²) < 4.78 is 12.5. The fraction of sp³-hybridized carbons (Fsp3) is 0.158. The van der Waals surface area contributed by atoms with Crippen LogP contribution in [0.3, 0.4) is 0 Å². The van der Waals surface area contributed by atoms with E-state index >= 15 is 0 Å². The summed E-state index contributed by atoms with van der Waals surface area (Å²) >= 11 is -1.42. The number of amides is 3. The van der Waals surface area contributed by atoms with E-state index in [1.807, 2.05) is 30.3 Å². The number of hydrogen-bond donors (Lipinski definition) is 2. The van der Waals surface area contributed by atoms with E-state index in [1.165, 1.54) is 0 Å². The number of carbonyl (C=O) groups is 2. The van der Waals surface area contributed by atoms with Crippen LogP contribution in [0.5, 0.6) is 0 Å². The number of imide groups is 1. The van der Waals surface area contributed by atoms with Crippen molar-refractivity contribution in [2.45, 2.75) is 17.4 Å². The molecule has 0 radical (unpaired) electrons. The van der Waals surface area contributed by atoms with E-state index in [2.05, 4.69) is 22.5 Å². The van der Waals surface area contributed by atoms with Crippen molar-refractivity contribution < 1.29 is 14.1 Å². The van der Waals surface area contributed by atoms with Crippen LogP contribution in [-0.2, 0) is 16.0 Å². The van der Waals surface area contributed by atoms with Crippen LogP contribution in [0.2, 0.25) is 0 Å². The van der Waals surface area contributed by atoms with Crippen LogP contribution in [0.25, 0.3) is 0 Å². The highest BCUT2D eigenvalue weighted by molar-refractivity contribution is 7.91. The maximum Gasteiger partial charge on any atom is 0.322 e. The Morgan fingerprint density at radius 1 is 1.00 bits per heavy atom. The molecule has 0 saturated carbocycles. The molecule has 3 amide bonds. The van der Waals surface area contributed by atoms with Crippen LogP contribution in [0.4, 0.5) is 4.79 Å². The Labute approximate surface area is 149 Å². The van der Waals surface area contributed by atoms with E-state index in [0.717, 1.165) is 11.1 Å². The molecule has 2 aromatic rings. The van der Waals surface area contributed by atoms with E-state index in [-0.39, 0.29) is 5.75 Å². The van der Waals surface area contributed by atoms with Gasteiger partial charge in [0.15, 0.2) is 10.4 Å². The van der Waals surface area contributed by atoms with Crippen LogP contribution >= 0.6 is 0 Å². The summed E-state index contributed by atoms with van der Waals surface area (Å²) in [7, 11) is 0. The lowest BCUT2D eigenvalue weighted by atomic mass is 10.1. The average Bonchev–Trinajstić information content (AvgIpc) is 2.86. The van der Waals surface area contributed by atoms with Gasteiger partial charge in [0.2, 0.25) is 0 Å². The number of urea groups is 1. The van der Waals surface area contributed by atoms with Gasteiger partial charge in [-0.25, -0.2) is 4.79 Å². The molecule has 0 aliphatic carbocycles. The highest BCUT2D eigenvalue weighted by Gasteiger charge is 2.45.